The average molecular weight is 394 g/mol. The summed E-state index contributed by atoms with van der Waals surface area (Å²) in [6.07, 6.45) is 2.66. The standard InChI is InChI=1S/C23H26N2O4/c1-3-28-19-9-10-20(22(17-19)29-18-7-5-4-6-8-18)21(26)11-12-23(27)25-15-13-24(2)14-16-25/h4-12,17H,3,13-16H2,1-2H3. The summed E-state index contributed by atoms with van der Waals surface area (Å²) < 4.78 is 11.4. The van der Waals surface area contributed by atoms with E-state index in [-0.39, 0.29) is 11.7 Å². The molecule has 3 rings (SSSR count). The van der Waals surface area contributed by atoms with Crippen LogP contribution < -0.4 is 9.47 Å². The lowest BCUT2D eigenvalue weighted by Gasteiger charge is -2.31. The summed E-state index contributed by atoms with van der Waals surface area (Å²) in [6.45, 7) is 5.41. The van der Waals surface area contributed by atoms with E-state index in [1.807, 2.05) is 44.3 Å². The van der Waals surface area contributed by atoms with Crippen LogP contribution in [0.15, 0.2) is 60.7 Å². The third-order valence-corrected chi connectivity index (χ3v) is 4.69. The van der Waals surface area contributed by atoms with E-state index in [9.17, 15) is 9.59 Å². The topological polar surface area (TPSA) is 59.1 Å². The molecule has 0 saturated carbocycles. The van der Waals surface area contributed by atoms with Crippen molar-refractivity contribution in [2.75, 3.05) is 39.8 Å². The van der Waals surface area contributed by atoms with Crippen molar-refractivity contribution in [2.24, 2.45) is 0 Å². The highest BCUT2D eigenvalue weighted by Crippen LogP contribution is 2.30. The summed E-state index contributed by atoms with van der Waals surface area (Å²) in [6, 6.07) is 14.3. The van der Waals surface area contributed by atoms with Crippen molar-refractivity contribution in [1.29, 1.82) is 0 Å². The van der Waals surface area contributed by atoms with Crippen molar-refractivity contribution < 1.29 is 19.1 Å². The Kier molecular flexibility index (Phi) is 7.03. The van der Waals surface area contributed by atoms with E-state index < -0.39 is 0 Å². The van der Waals surface area contributed by atoms with Crippen LogP contribution in [0.4, 0.5) is 0 Å². The van der Waals surface area contributed by atoms with E-state index >= 15 is 0 Å². The third kappa shape index (κ3) is 5.68. The summed E-state index contributed by atoms with van der Waals surface area (Å²) in [7, 11) is 2.03. The van der Waals surface area contributed by atoms with Gasteiger partial charge in [0.05, 0.1) is 12.2 Å². The first-order valence-corrected chi connectivity index (χ1v) is 9.76. The van der Waals surface area contributed by atoms with Crippen molar-refractivity contribution >= 4 is 11.7 Å². The molecule has 29 heavy (non-hydrogen) atoms. The predicted octanol–water partition coefficient (Wildman–Crippen LogP) is 3.39. The molecule has 6 nitrogen and oxygen atoms in total. The zero-order chi connectivity index (χ0) is 20.6. The van der Waals surface area contributed by atoms with E-state index in [4.69, 9.17) is 9.47 Å². The van der Waals surface area contributed by atoms with E-state index in [1.54, 1.807) is 23.1 Å². The summed E-state index contributed by atoms with van der Waals surface area (Å²) >= 11 is 0. The van der Waals surface area contributed by atoms with Crippen molar-refractivity contribution in [3.63, 3.8) is 0 Å². The number of allylic oxidation sites excluding steroid dienone is 1. The second-order valence-corrected chi connectivity index (χ2v) is 6.83. The number of ether oxygens (including phenoxy) is 2. The molecule has 0 spiro atoms. The molecule has 1 aliphatic rings. The molecule has 0 bridgehead atoms. The van der Waals surface area contributed by atoms with Crippen LogP contribution in [0.3, 0.4) is 0 Å². The van der Waals surface area contributed by atoms with Crippen molar-refractivity contribution in [2.45, 2.75) is 6.92 Å². The van der Waals surface area contributed by atoms with Crippen LogP contribution in [-0.2, 0) is 4.79 Å². The fourth-order valence-electron chi connectivity index (χ4n) is 3.03. The number of rotatable bonds is 7. The molecule has 0 radical (unpaired) electrons. The molecule has 2 aromatic carbocycles. The molecule has 1 amide bonds. The van der Waals surface area contributed by atoms with Gasteiger partial charge in [-0.3, -0.25) is 9.59 Å². The van der Waals surface area contributed by atoms with Gasteiger partial charge in [0.1, 0.15) is 17.2 Å². The zero-order valence-corrected chi connectivity index (χ0v) is 16.8. The number of amides is 1. The van der Waals surface area contributed by atoms with Gasteiger partial charge < -0.3 is 19.3 Å². The van der Waals surface area contributed by atoms with E-state index in [0.717, 1.165) is 13.1 Å². The van der Waals surface area contributed by atoms with Gasteiger partial charge in [-0.15, -0.1) is 0 Å². The maximum absolute atomic E-state index is 12.8. The number of hydrogen-bond donors (Lipinski definition) is 0. The van der Waals surface area contributed by atoms with Gasteiger partial charge in [0.25, 0.3) is 0 Å². The van der Waals surface area contributed by atoms with Gasteiger partial charge in [0.2, 0.25) is 5.91 Å². The van der Waals surface area contributed by atoms with Gasteiger partial charge in [-0.1, -0.05) is 18.2 Å². The number of carbonyl (C=O) groups is 2. The van der Waals surface area contributed by atoms with Crippen LogP contribution >= 0.6 is 0 Å². The van der Waals surface area contributed by atoms with Gasteiger partial charge in [-0.05, 0) is 44.3 Å². The Balaban J connectivity index is 1.77. The number of likely N-dealkylation sites (N-methyl/N-ethyl adjacent to an activating group) is 1. The Bertz CT molecular complexity index is 872. The number of benzene rings is 2. The molecular weight excluding hydrogens is 368 g/mol. The van der Waals surface area contributed by atoms with Crippen molar-refractivity contribution in [3.05, 3.63) is 66.2 Å². The van der Waals surface area contributed by atoms with E-state index in [1.165, 1.54) is 12.2 Å². The van der Waals surface area contributed by atoms with Gasteiger partial charge >= 0.3 is 0 Å². The first kappa shape index (κ1) is 20.6. The zero-order valence-electron chi connectivity index (χ0n) is 16.8. The van der Waals surface area contributed by atoms with Gasteiger partial charge in [-0.25, -0.2) is 0 Å². The molecule has 0 aliphatic carbocycles. The lowest BCUT2D eigenvalue weighted by molar-refractivity contribution is -0.127. The summed E-state index contributed by atoms with van der Waals surface area (Å²) in [5.41, 5.74) is 0.375. The Morgan fingerprint density at radius 3 is 2.38 bits per heavy atom. The highest BCUT2D eigenvalue weighted by molar-refractivity contribution is 6.09. The molecule has 2 aromatic rings. The van der Waals surface area contributed by atoms with Crippen LogP contribution in [0.1, 0.15) is 17.3 Å². The third-order valence-electron chi connectivity index (χ3n) is 4.69. The molecule has 1 heterocycles. The monoisotopic (exact) mass is 394 g/mol. The minimum atomic E-state index is -0.290. The quantitative estimate of drug-likeness (QED) is 0.532. The molecule has 0 unspecified atom stereocenters. The summed E-state index contributed by atoms with van der Waals surface area (Å²) in [5.74, 6) is 1.19. The Labute approximate surface area is 171 Å². The highest BCUT2D eigenvalue weighted by atomic mass is 16.5. The minimum Gasteiger partial charge on any atom is -0.494 e. The van der Waals surface area contributed by atoms with Gasteiger partial charge in [0, 0.05) is 38.3 Å². The smallest absolute Gasteiger partial charge is 0.246 e. The molecule has 0 N–H and O–H groups in total. The second-order valence-electron chi connectivity index (χ2n) is 6.83. The van der Waals surface area contributed by atoms with E-state index in [0.29, 0.717) is 42.5 Å². The molecule has 1 fully saturated rings. The highest BCUT2D eigenvalue weighted by Gasteiger charge is 2.18. The Hall–Kier alpha value is -3.12. The Morgan fingerprint density at radius 1 is 0.966 bits per heavy atom. The van der Waals surface area contributed by atoms with Crippen LogP contribution in [0.5, 0.6) is 17.2 Å². The molecule has 1 saturated heterocycles. The van der Waals surface area contributed by atoms with E-state index in [2.05, 4.69) is 4.90 Å². The van der Waals surface area contributed by atoms with Gasteiger partial charge in [0.15, 0.2) is 5.78 Å². The molecule has 0 atom stereocenters. The number of ketones is 1. The largest absolute Gasteiger partial charge is 0.494 e. The number of hydrogen-bond acceptors (Lipinski definition) is 5. The van der Waals surface area contributed by atoms with Gasteiger partial charge in [-0.2, -0.15) is 0 Å². The molecular formula is C23H26N2O4. The maximum Gasteiger partial charge on any atom is 0.246 e. The molecule has 1 aliphatic heterocycles. The first-order valence-electron chi connectivity index (χ1n) is 9.76. The first-order chi connectivity index (χ1) is 14.1. The predicted molar refractivity (Wildman–Crippen MR) is 112 cm³/mol. The SMILES string of the molecule is CCOc1ccc(C(=O)C=CC(=O)N2CCN(C)CC2)c(Oc2ccccc2)c1. The number of piperazine rings is 1. The second kappa shape index (κ2) is 9.89. The normalized spacial score (nSPS) is 14.8. The Morgan fingerprint density at radius 2 is 1.69 bits per heavy atom. The van der Waals surface area contributed by atoms with Crippen LogP contribution in [-0.4, -0.2) is 61.3 Å². The van der Waals surface area contributed by atoms with Crippen LogP contribution in [0.25, 0.3) is 0 Å². The number of para-hydroxylation sites is 1. The number of carbonyl (C=O) groups excluding carboxylic acids is 2. The van der Waals surface area contributed by atoms with Crippen LogP contribution in [0.2, 0.25) is 0 Å². The fraction of sp³-hybridized carbons (Fsp3) is 0.304. The summed E-state index contributed by atoms with van der Waals surface area (Å²) in [5, 5.41) is 0. The lowest BCUT2D eigenvalue weighted by atomic mass is 10.1. The fourth-order valence-corrected chi connectivity index (χ4v) is 3.03. The van der Waals surface area contributed by atoms with Crippen LogP contribution in [0, 0.1) is 0 Å². The van der Waals surface area contributed by atoms with Crippen molar-refractivity contribution in [1.82, 2.24) is 9.80 Å². The molecule has 6 heteroatoms. The molecule has 0 aromatic heterocycles. The summed E-state index contributed by atoms with van der Waals surface area (Å²) in [4.78, 5) is 29.1. The lowest BCUT2D eigenvalue weighted by Crippen LogP contribution is -2.46. The molecule has 152 valence electrons. The minimum absolute atomic E-state index is 0.150. The average Bonchev–Trinajstić information content (AvgIpc) is 2.73. The maximum atomic E-state index is 12.8. The van der Waals surface area contributed by atoms with Crippen molar-refractivity contribution in [3.8, 4) is 17.2 Å². The number of nitrogens with zero attached hydrogens (tertiary/aromatic N) is 2.